The zero-order valence-electron chi connectivity index (χ0n) is 10.3. The molecular weight excluding hydrogens is 174 g/mol. The van der Waals surface area contributed by atoms with Crippen molar-refractivity contribution in [1.29, 1.82) is 0 Å². The molecule has 0 aromatic rings. The topological polar surface area (TPSA) is 23.5 Å². The third kappa shape index (κ3) is 2.12. The van der Waals surface area contributed by atoms with Crippen LogP contribution in [0.4, 0.5) is 0 Å². The Morgan fingerprint density at radius 1 is 1.21 bits per heavy atom. The van der Waals surface area contributed by atoms with Gasteiger partial charge in [0.15, 0.2) is 0 Å². The van der Waals surface area contributed by atoms with E-state index in [1.165, 1.54) is 0 Å². The van der Waals surface area contributed by atoms with Crippen LogP contribution in [0.5, 0.6) is 0 Å². The first-order chi connectivity index (χ1) is 6.29. The predicted molar refractivity (Wildman–Crippen MR) is 60.3 cm³/mol. The van der Waals surface area contributed by atoms with Gasteiger partial charge in [-0.3, -0.25) is 4.90 Å². The molecule has 0 aromatic heterocycles. The number of aliphatic hydroxyl groups is 1. The average molecular weight is 199 g/mol. The van der Waals surface area contributed by atoms with E-state index in [0.29, 0.717) is 12.5 Å². The van der Waals surface area contributed by atoms with Crippen LogP contribution < -0.4 is 0 Å². The Morgan fingerprint density at radius 2 is 1.79 bits per heavy atom. The lowest BCUT2D eigenvalue weighted by atomic mass is 9.75. The van der Waals surface area contributed by atoms with Crippen LogP contribution in [-0.2, 0) is 0 Å². The number of rotatable bonds is 2. The van der Waals surface area contributed by atoms with Crippen molar-refractivity contribution in [2.24, 2.45) is 11.3 Å². The molecule has 0 amide bonds. The van der Waals surface area contributed by atoms with Crippen molar-refractivity contribution in [2.45, 2.75) is 46.6 Å². The van der Waals surface area contributed by atoms with Crippen LogP contribution in [0.2, 0.25) is 0 Å². The van der Waals surface area contributed by atoms with Crippen LogP contribution in [0.1, 0.15) is 41.0 Å². The van der Waals surface area contributed by atoms with Crippen molar-refractivity contribution in [2.75, 3.05) is 19.7 Å². The number of hydrogen-bond donors (Lipinski definition) is 1. The van der Waals surface area contributed by atoms with E-state index in [1.807, 2.05) is 0 Å². The van der Waals surface area contributed by atoms with Crippen molar-refractivity contribution in [1.82, 2.24) is 4.90 Å². The summed E-state index contributed by atoms with van der Waals surface area (Å²) in [5.41, 5.74) is 0.508. The lowest BCUT2D eigenvalue weighted by Crippen LogP contribution is -2.51. The maximum atomic E-state index is 9.13. The Morgan fingerprint density at radius 3 is 2.14 bits per heavy atom. The molecule has 0 spiro atoms. The quantitative estimate of drug-likeness (QED) is 0.736. The molecule has 2 heteroatoms. The first kappa shape index (κ1) is 12.0. The molecule has 1 rings (SSSR count). The van der Waals surface area contributed by atoms with Gasteiger partial charge >= 0.3 is 0 Å². The Balaban J connectivity index is 2.66. The zero-order valence-corrected chi connectivity index (χ0v) is 10.3. The third-order valence-electron chi connectivity index (χ3n) is 4.17. The number of aliphatic hydroxyl groups excluding tert-OH is 1. The molecule has 1 saturated heterocycles. The van der Waals surface area contributed by atoms with Crippen molar-refractivity contribution in [3.63, 3.8) is 0 Å². The lowest BCUT2D eigenvalue weighted by Gasteiger charge is -2.46. The van der Waals surface area contributed by atoms with Crippen molar-refractivity contribution in [3.8, 4) is 0 Å². The molecule has 14 heavy (non-hydrogen) atoms. The van der Waals surface area contributed by atoms with Gasteiger partial charge in [0.2, 0.25) is 0 Å². The molecule has 1 unspecified atom stereocenters. The predicted octanol–water partition coefficient (Wildman–Crippen LogP) is 2.13. The highest BCUT2D eigenvalue weighted by Crippen LogP contribution is 2.37. The van der Waals surface area contributed by atoms with Gasteiger partial charge in [-0.25, -0.2) is 0 Å². The van der Waals surface area contributed by atoms with Gasteiger partial charge in [0.05, 0.1) is 0 Å². The number of likely N-dealkylation sites (tertiary alicyclic amines) is 1. The molecule has 84 valence electrons. The van der Waals surface area contributed by atoms with Crippen molar-refractivity contribution < 1.29 is 5.11 Å². The first-order valence-electron chi connectivity index (χ1n) is 5.65. The summed E-state index contributed by atoms with van der Waals surface area (Å²) in [6.45, 7) is 14.0. The van der Waals surface area contributed by atoms with Crippen LogP contribution >= 0.6 is 0 Å². The van der Waals surface area contributed by atoms with E-state index < -0.39 is 0 Å². The normalized spacial score (nSPS) is 25.7. The number of nitrogens with zero attached hydrogens (tertiary/aromatic N) is 1. The Labute approximate surface area is 88.3 Å². The summed E-state index contributed by atoms with van der Waals surface area (Å²) < 4.78 is 0. The standard InChI is InChI=1S/C12H25NO/c1-11(2,3)12(4,5)13-7-6-10(8-13)9-14/h10,14H,6-9H2,1-5H3. The van der Waals surface area contributed by atoms with Gasteiger partial charge in [-0.05, 0) is 38.1 Å². The molecule has 0 radical (unpaired) electrons. The second-order valence-electron chi connectivity index (χ2n) is 6.09. The van der Waals surface area contributed by atoms with Crippen LogP contribution in [0.25, 0.3) is 0 Å². The Hall–Kier alpha value is -0.0800. The van der Waals surface area contributed by atoms with Gasteiger partial charge in [0, 0.05) is 18.7 Å². The fourth-order valence-corrected chi connectivity index (χ4v) is 1.96. The summed E-state index contributed by atoms with van der Waals surface area (Å²) in [5, 5.41) is 9.13. The fraction of sp³-hybridized carbons (Fsp3) is 1.00. The molecule has 1 aliphatic heterocycles. The second-order valence-corrected chi connectivity index (χ2v) is 6.09. The molecule has 1 atom stereocenters. The monoisotopic (exact) mass is 199 g/mol. The van der Waals surface area contributed by atoms with Crippen LogP contribution in [0.3, 0.4) is 0 Å². The van der Waals surface area contributed by atoms with Crippen molar-refractivity contribution >= 4 is 0 Å². The lowest BCUT2D eigenvalue weighted by molar-refractivity contribution is 0.0361. The average Bonchev–Trinajstić information content (AvgIpc) is 2.49. The van der Waals surface area contributed by atoms with E-state index in [-0.39, 0.29) is 11.0 Å². The molecule has 1 heterocycles. The van der Waals surface area contributed by atoms with Gasteiger partial charge in [0.1, 0.15) is 0 Å². The molecule has 1 aliphatic rings. The highest BCUT2D eigenvalue weighted by atomic mass is 16.3. The largest absolute Gasteiger partial charge is 0.396 e. The number of hydrogen-bond acceptors (Lipinski definition) is 2. The highest BCUT2D eigenvalue weighted by Gasteiger charge is 2.41. The maximum Gasteiger partial charge on any atom is 0.0471 e. The minimum atomic E-state index is 0.219. The molecule has 0 aromatic carbocycles. The Bertz CT molecular complexity index is 193. The Kier molecular flexibility index (Phi) is 3.27. The van der Waals surface area contributed by atoms with Gasteiger partial charge in [0.25, 0.3) is 0 Å². The molecule has 0 aliphatic carbocycles. The zero-order chi connectivity index (χ0) is 11.0. The second kappa shape index (κ2) is 3.82. The van der Waals surface area contributed by atoms with E-state index >= 15 is 0 Å². The summed E-state index contributed by atoms with van der Waals surface area (Å²) in [6.07, 6.45) is 1.15. The van der Waals surface area contributed by atoms with Crippen molar-refractivity contribution in [3.05, 3.63) is 0 Å². The van der Waals surface area contributed by atoms with Gasteiger partial charge in [-0.15, -0.1) is 0 Å². The summed E-state index contributed by atoms with van der Waals surface area (Å²) in [6, 6.07) is 0. The van der Waals surface area contributed by atoms with Gasteiger partial charge in [-0.1, -0.05) is 20.8 Å². The highest BCUT2D eigenvalue weighted by molar-refractivity contribution is 4.95. The van der Waals surface area contributed by atoms with Crippen LogP contribution in [0, 0.1) is 11.3 Å². The van der Waals surface area contributed by atoms with Gasteiger partial charge in [-0.2, -0.15) is 0 Å². The minimum Gasteiger partial charge on any atom is -0.396 e. The SMILES string of the molecule is CC(C)(C)C(C)(C)N1CCC(CO)C1. The summed E-state index contributed by atoms with van der Waals surface area (Å²) >= 11 is 0. The van der Waals surface area contributed by atoms with E-state index in [1.54, 1.807) is 0 Å². The maximum absolute atomic E-state index is 9.13. The molecular formula is C12H25NO. The summed E-state index contributed by atoms with van der Waals surface area (Å²) in [7, 11) is 0. The molecule has 1 N–H and O–H groups in total. The molecule has 0 bridgehead atoms. The van der Waals surface area contributed by atoms with E-state index in [4.69, 9.17) is 5.11 Å². The van der Waals surface area contributed by atoms with E-state index in [0.717, 1.165) is 19.5 Å². The smallest absolute Gasteiger partial charge is 0.0471 e. The van der Waals surface area contributed by atoms with Crippen LogP contribution in [0.15, 0.2) is 0 Å². The summed E-state index contributed by atoms with van der Waals surface area (Å²) in [4.78, 5) is 2.52. The molecule has 1 fully saturated rings. The van der Waals surface area contributed by atoms with Gasteiger partial charge < -0.3 is 5.11 Å². The first-order valence-corrected chi connectivity index (χ1v) is 5.65. The molecule has 2 nitrogen and oxygen atoms in total. The summed E-state index contributed by atoms with van der Waals surface area (Å²) in [5.74, 6) is 0.497. The minimum absolute atomic E-state index is 0.219. The van der Waals surface area contributed by atoms with Crippen LogP contribution in [-0.4, -0.2) is 35.2 Å². The van der Waals surface area contributed by atoms with E-state index in [9.17, 15) is 0 Å². The van der Waals surface area contributed by atoms with E-state index in [2.05, 4.69) is 39.5 Å². The molecule has 0 saturated carbocycles. The fourth-order valence-electron chi connectivity index (χ4n) is 1.96. The third-order valence-corrected chi connectivity index (χ3v) is 4.17.